The van der Waals surface area contributed by atoms with Gasteiger partial charge in [0.25, 0.3) is 17.7 Å². The number of nitrogens with zero attached hydrogens (tertiary/aromatic N) is 1. The largest absolute Gasteiger partial charge is 0.483 e. The van der Waals surface area contributed by atoms with Crippen LogP contribution >= 0.6 is 0 Å². The van der Waals surface area contributed by atoms with Gasteiger partial charge in [0, 0.05) is 25.3 Å². The Labute approximate surface area is 170 Å². The highest BCUT2D eigenvalue weighted by molar-refractivity contribution is 6.06. The van der Waals surface area contributed by atoms with Crippen LogP contribution in [-0.2, 0) is 4.79 Å². The fraction of sp³-hybridized carbons (Fsp3) is 0.250. The maximum Gasteiger partial charge on any atom is 0.405 e. The Morgan fingerprint density at radius 3 is 2.20 bits per heavy atom. The second kappa shape index (κ2) is 9.77. The molecule has 0 heterocycles. The molecule has 0 aliphatic carbocycles. The molecule has 0 unspecified atom stereocenters. The number of carbonyl (C=O) groups is 3. The van der Waals surface area contributed by atoms with Gasteiger partial charge in [-0.25, -0.2) is 0 Å². The number of ether oxygens (including phenoxy) is 1. The third-order valence-corrected chi connectivity index (χ3v) is 3.84. The van der Waals surface area contributed by atoms with Gasteiger partial charge in [0.15, 0.2) is 6.61 Å². The lowest BCUT2D eigenvalue weighted by molar-refractivity contribution is -0.130. The minimum Gasteiger partial charge on any atom is -0.483 e. The van der Waals surface area contributed by atoms with Gasteiger partial charge < -0.3 is 20.3 Å². The van der Waals surface area contributed by atoms with E-state index in [1.54, 1.807) is 37.6 Å². The molecule has 10 heteroatoms. The smallest absolute Gasteiger partial charge is 0.405 e. The third-order valence-electron chi connectivity index (χ3n) is 3.84. The zero-order valence-corrected chi connectivity index (χ0v) is 16.2. The minimum absolute atomic E-state index is 0.0168. The molecule has 0 atom stereocenters. The predicted molar refractivity (Wildman–Crippen MR) is 103 cm³/mol. The van der Waals surface area contributed by atoms with Crippen LogP contribution in [0, 0.1) is 0 Å². The molecule has 2 aromatic rings. The summed E-state index contributed by atoms with van der Waals surface area (Å²) in [4.78, 5) is 37.3. The van der Waals surface area contributed by atoms with Crippen LogP contribution in [0.3, 0.4) is 0 Å². The van der Waals surface area contributed by atoms with Gasteiger partial charge in [-0.2, -0.15) is 13.2 Å². The molecule has 0 aromatic heterocycles. The zero-order chi connectivity index (χ0) is 22.3. The molecule has 0 spiro atoms. The number of nitrogens with one attached hydrogen (secondary N) is 2. The molecule has 0 saturated heterocycles. The molecule has 30 heavy (non-hydrogen) atoms. The molecule has 0 bridgehead atoms. The molecule has 160 valence electrons. The number of hydrogen-bond donors (Lipinski definition) is 2. The van der Waals surface area contributed by atoms with Gasteiger partial charge in [-0.1, -0.05) is 12.1 Å². The molecule has 0 saturated carbocycles. The Hall–Kier alpha value is -3.56. The van der Waals surface area contributed by atoms with Crippen molar-refractivity contribution in [3.63, 3.8) is 0 Å². The van der Waals surface area contributed by atoms with Crippen molar-refractivity contribution in [3.05, 3.63) is 59.7 Å². The lowest BCUT2D eigenvalue weighted by Gasteiger charge is -2.14. The second-order valence-electron chi connectivity index (χ2n) is 6.40. The van der Waals surface area contributed by atoms with Crippen LogP contribution in [0.25, 0.3) is 0 Å². The van der Waals surface area contributed by atoms with Crippen LogP contribution < -0.4 is 15.4 Å². The maximum absolute atomic E-state index is 12.6. The number of rotatable bonds is 7. The van der Waals surface area contributed by atoms with E-state index in [-0.39, 0.29) is 29.4 Å². The van der Waals surface area contributed by atoms with Gasteiger partial charge in [0.1, 0.15) is 12.3 Å². The Morgan fingerprint density at radius 2 is 1.60 bits per heavy atom. The van der Waals surface area contributed by atoms with Crippen LogP contribution in [0.15, 0.2) is 48.5 Å². The Balaban J connectivity index is 2.03. The standard InChI is InChI=1S/C20H20F3N3O4/c1-26(2)17(27)11-30-16-6-4-3-5-15(16)19(29)25-14-9-7-13(8-10-14)18(28)24-12-20(21,22)23/h3-10H,11-12H2,1-2H3,(H,24,28)(H,25,29). The molecular formula is C20H20F3N3O4. The molecular weight excluding hydrogens is 403 g/mol. The molecule has 2 rings (SSSR count). The average Bonchev–Trinajstić information content (AvgIpc) is 2.70. The van der Waals surface area contributed by atoms with Gasteiger partial charge in [0.2, 0.25) is 0 Å². The maximum atomic E-state index is 12.6. The van der Waals surface area contributed by atoms with Crippen molar-refractivity contribution in [1.29, 1.82) is 0 Å². The molecule has 3 amide bonds. The summed E-state index contributed by atoms with van der Waals surface area (Å²) in [5, 5.41) is 4.37. The van der Waals surface area contributed by atoms with E-state index in [0.29, 0.717) is 5.69 Å². The number of anilines is 1. The van der Waals surface area contributed by atoms with Crippen molar-refractivity contribution in [2.24, 2.45) is 0 Å². The fourth-order valence-electron chi connectivity index (χ4n) is 2.23. The van der Waals surface area contributed by atoms with E-state index in [1.807, 2.05) is 0 Å². The van der Waals surface area contributed by atoms with Crippen LogP contribution in [0.2, 0.25) is 0 Å². The Bertz CT molecular complexity index is 912. The molecule has 2 N–H and O–H groups in total. The molecule has 7 nitrogen and oxygen atoms in total. The number of hydrogen-bond acceptors (Lipinski definition) is 4. The number of alkyl halides is 3. The van der Waals surface area contributed by atoms with Crippen molar-refractivity contribution in [2.75, 3.05) is 32.6 Å². The van der Waals surface area contributed by atoms with Crippen LogP contribution in [0.1, 0.15) is 20.7 Å². The summed E-state index contributed by atoms with van der Waals surface area (Å²) in [6, 6.07) is 11.7. The third kappa shape index (κ3) is 6.80. The van der Waals surface area contributed by atoms with Crippen molar-refractivity contribution in [2.45, 2.75) is 6.18 Å². The van der Waals surface area contributed by atoms with Gasteiger partial charge in [-0.15, -0.1) is 0 Å². The van der Waals surface area contributed by atoms with E-state index < -0.39 is 24.5 Å². The Kier molecular flexibility index (Phi) is 7.40. The first-order valence-corrected chi connectivity index (χ1v) is 8.75. The lowest BCUT2D eigenvalue weighted by atomic mass is 10.1. The molecule has 2 aromatic carbocycles. The first-order valence-electron chi connectivity index (χ1n) is 8.75. The minimum atomic E-state index is -4.50. The van der Waals surface area contributed by atoms with Crippen molar-refractivity contribution in [1.82, 2.24) is 10.2 Å². The zero-order valence-electron chi connectivity index (χ0n) is 16.2. The topological polar surface area (TPSA) is 87.7 Å². The van der Waals surface area contributed by atoms with E-state index >= 15 is 0 Å². The lowest BCUT2D eigenvalue weighted by Crippen LogP contribution is -2.33. The van der Waals surface area contributed by atoms with Gasteiger partial charge >= 0.3 is 6.18 Å². The second-order valence-corrected chi connectivity index (χ2v) is 6.40. The molecule has 0 aliphatic rings. The number of halogens is 3. The SMILES string of the molecule is CN(C)C(=O)COc1ccccc1C(=O)Nc1ccc(C(=O)NCC(F)(F)F)cc1. The molecule has 0 aliphatic heterocycles. The summed E-state index contributed by atoms with van der Waals surface area (Å²) in [5.41, 5.74) is 0.533. The summed E-state index contributed by atoms with van der Waals surface area (Å²) >= 11 is 0. The fourth-order valence-corrected chi connectivity index (χ4v) is 2.23. The van der Waals surface area contributed by atoms with E-state index in [1.165, 1.54) is 35.2 Å². The van der Waals surface area contributed by atoms with Gasteiger partial charge in [-0.3, -0.25) is 14.4 Å². The number of para-hydroxylation sites is 1. The van der Waals surface area contributed by atoms with E-state index in [0.717, 1.165) is 0 Å². The van der Waals surface area contributed by atoms with Gasteiger partial charge in [0.05, 0.1) is 5.56 Å². The summed E-state index contributed by atoms with van der Waals surface area (Å²) in [5.74, 6) is -1.45. The predicted octanol–water partition coefficient (Wildman–Crippen LogP) is 2.70. The number of likely N-dealkylation sites (N-methyl/N-ethyl adjacent to an activating group) is 1. The highest BCUT2D eigenvalue weighted by Gasteiger charge is 2.27. The van der Waals surface area contributed by atoms with Crippen LogP contribution in [-0.4, -0.2) is 56.0 Å². The van der Waals surface area contributed by atoms with Crippen molar-refractivity contribution < 1.29 is 32.3 Å². The van der Waals surface area contributed by atoms with Crippen molar-refractivity contribution >= 4 is 23.4 Å². The quantitative estimate of drug-likeness (QED) is 0.717. The first kappa shape index (κ1) is 22.7. The monoisotopic (exact) mass is 423 g/mol. The normalized spacial score (nSPS) is 10.8. The summed E-state index contributed by atoms with van der Waals surface area (Å²) < 4.78 is 42.0. The molecule has 0 radical (unpaired) electrons. The summed E-state index contributed by atoms with van der Waals surface area (Å²) in [6.07, 6.45) is -4.50. The number of carbonyl (C=O) groups excluding carboxylic acids is 3. The summed E-state index contributed by atoms with van der Waals surface area (Å²) in [7, 11) is 3.16. The van der Waals surface area contributed by atoms with Crippen LogP contribution in [0.5, 0.6) is 5.75 Å². The van der Waals surface area contributed by atoms with Crippen LogP contribution in [0.4, 0.5) is 18.9 Å². The highest BCUT2D eigenvalue weighted by atomic mass is 19.4. The van der Waals surface area contributed by atoms with E-state index in [2.05, 4.69) is 5.32 Å². The number of benzene rings is 2. The Morgan fingerprint density at radius 1 is 0.967 bits per heavy atom. The average molecular weight is 423 g/mol. The first-order chi connectivity index (χ1) is 14.1. The van der Waals surface area contributed by atoms with E-state index in [9.17, 15) is 27.6 Å². The van der Waals surface area contributed by atoms with Crippen molar-refractivity contribution in [3.8, 4) is 5.75 Å². The van der Waals surface area contributed by atoms with Gasteiger partial charge in [-0.05, 0) is 36.4 Å². The number of amides is 3. The summed E-state index contributed by atoms with van der Waals surface area (Å²) in [6.45, 7) is -1.67. The van der Waals surface area contributed by atoms with E-state index in [4.69, 9.17) is 4.74 Å². The molecule has 0 fully saturated rings. The highest BCUT2D eigenvalue weighted by Crippen LogP contribution is 2.20.